The molecule has 3 N–H and O–H groups in total. The molecule has 0 aliphatic heterocycles. The second kappa shape index (κ2) is 10.4. The van der Waals surface area contributed by atoms with Crippen molar-refractivity contribution in [1.29, 1.82) is 0 Å². The van der Waals surface area contributed by atoms with Crippen molar-refractivity contribution in [3.05, 3.63) is 68.8 Å². The lowest BCUT2D eigenvalue weighted by molar-refractivity contribution is -0.147. The van der Waals surface area contributed by atoms with Crippen LogP contribution in [0.4, 0.5) is 10.2 Å². The summed E-state index contributed by atoms with van der Waals surface area (Å²) in [6.07, 6.45) is 0.326. The normalized spacial score (nSPS) is 10.5. The number of carboxylic acids is 1. The Balaban J connectivity index is 1.77. The van der Waals surface area contributed by atoms with Crippen molar-refractivity contribution in [2.75, 3.05) is 11.9 Å². The number of thiazole rings is 1. The number of nitrogens with zero attached hydrogens (tertiary/aromatic N) is 1. The van der Waals surface area contributed by atoms with Crippen molar-refractivity contribution >= 4 is 58.1 Å². The quantitative estimate of drug-likeness (QED) is 0.417. The Hall–Kier alpha value is -3.21. The molecule has 3 aromatic rings. The number of aromatic nitrogens is 1. The Bertz CT molecular complexity index is 1170. The minimum atomic E-state index is -1.76. The highest BCUT2D eigenvalue weighted by Crippen LogP contribution is 2.32. The first kappa shape index (κ1) is 23.5. The summed E-state index contributed by atoms with van der Waals surface area (Å²) in [4.78, 5) is 39.0. The molecule has 12 heteroatoms. The smallest absolute Gasteiger partial charge is 0.394 e. The molecule has 2 amide bonds. The van der Waals surface area contributed by atoms with Crippen LogP contribution in [0.15, 0.2) is 42.5 Å². The fourth-order valence-corrected chi connectivity index (χ4v) is 3.92. The zero-order valence-corrected chi connectivity index (χ0v) is 18.4. The van der Waals surface area contributed by atoms with Crippen LogP contribution in [0, 0.1) is 5.82 Å². The van der Waals surface area contributed by atoms with Crippen molar-refractivity contribution in [3.63, 3.8) is 0 Å². The molecule has 0 bridgehead atoms. The van der Waals surface area contributed by atoms with Gasteiger partial charge < -0.3 is 15.2 Å². The fraction of sp³-hybridized carbons (Fsp3) is 0.100. The van der Waals surface area contributed by atoms with Crippen LogP contribution in [0.3, 0.4) is 0 Å². The molecule has 0 fully saturated rings. The number of anilines is 1. The largest absolute Gasteiger partial charge is 0.474 e. The van der Waals surface area contributed by atoms with Crippen LogP contribution < -0.4 is 15.4 Å². The molecule has 0 aliphatic rings. The zero-order valence-electron chi connectivity index (χ0n) is 16.0. The van der Waals surface area contributed by atoms with Gasteiger partial charge in [-0.1, -0.05) is 46.7 Å². The highest BCUT2D eigenvalue weighted by Gasteiger charge is 2.23. The maximum absolute atomic E-state index is 13.4. The van der Waals surface area contributed by atoms with E-state index >= 15 is 0 Å². The molecule has 0 spiro atoms. The molecule has 3 rings (SSSR count). The maximum atomic E-state index is 13.4. The zero-order chi connectivity index (χ0) is 23.3. The molecule has 1 aromatic heterocycles. The average Bonchev–Trinajstić information content (AvgIpc) is 3.12. The summed E-state index contributed by atoms with van der Waals surface area (Å²) >= 11 is 13.0. The van der Waals surface area contributed by atoms with Crippen molar-refractivity contribution in [2.45, 2.75) is 6.42 Å². The van der Waals surface area contributed by atoms with Crippen molar-refractivity contribution in [1.82, 2.24) is 10.3 Å². The van der Waals surface area contributed by atoms with E-state index in [4.69, 9.17) is 33.0 Å². The van der Waals surface area contributed by atoms with E-state index in [1.807, 2.05) is 5.32 Å². The average molecular weight is 498 g/mol. The number of benzene rings is 2. The Morgan fingerprint density at radius 2 is 1.81 bits per heavy atom. The Kier molecular flexibility index (Phi) is 7.62. The van der Waals surface area contributed by atoms with Gasteiger partial charge in [0.2, 0.25) is 0 Å². The maximum Gasteiger partial charge on any atom is 0.394 e. The first-order valence-corrected chi connectivity index (χ1v) is 10.5. The fourth-order valence-electron chi connectivity index (χ4n) is 2.53. The molecule has 166 valence electrons. The molecule has 0 unspecified atom stereocenters. The number of rotatable bonds is 7. The van der Waals surface area contributed by atoms with Gasteiger partial charge in [-0.25, -0.2) is 9.18 Å². The highest BCUT2D eigenvalue weighted by atomic mass is 35.5. The number of ether oxygens (including phenoxy) is 1. The van der Waals surface area contributed by atoms with Crippen LogP contribution in [0.1, 0.15) is 15.2 Å². The molecular weight excluding hydrogens is 484 g/mol. The van der Waals surface area contributed by atoms with E-state index in [9.17, 15) is 18.8 Å². The summed E-state index contributed by atoms with van der Waals surface area (Å²) in [5, 5.41) is 14.3. The predicted octanol–water partition coefficient (Wildman–Crippen LogP) is 4.38. The Morgan fingerprint density at radius 1 is 1.12 bits per heavy atom. The van der Waals surface area contributed by atoms with Crippen molar-refractivity contribution < 1.29 is 28.6 Å². The second-order valence-corrected chi connectivity index (χ2v) is 7.96. The molecule has 0 saturated carbocycles. The first-order chi connectivity index (χ1) is 15.2. The number of amides is 2. The number of nitrogens with one attached hydrogen (secondary N) is 2. The van der Waals surface area contributed by atoms with Crippen molar-refractivity contribution in [3.8, 4) is 10.9 Å². The van der Waals surface area contributed by atoms with Gasteiger partial charge in [0, 0.05) is 22.7 Å². The van der Waals surface area contributed by atoms with E-state index in [1.165, 1.54) is 18.2 Å². The van der Waals surface area contributed by atoms with Crippen LogP contribution in [-0.4, -0.2) is 34.4 Å². The number of carboxylic acid groups (broad SMARTS) is 1. The monoisotopic (exact) mass is 497 g/mol. The van der Waals surface area contributed by atoms with Gasteiger partial charge in [-0.05, 0) is 36.2 Å². The van der Waals surface area contributed by atoms with E-state index in [0.717, 1.165) is 17.4 Å². The molecule has 2 aromatic carbocycles. The van der Waals surface area contributed by atoms with E-state index < -0.39 is 23.6 Å². The topological polar surface area (TPSA) is 118 Å². The van der Waals surface area contributed by atoms with Gasteiger partial charge in [-0.2, -0.15) is 4.98 Å². The SMILES string of the molecule is O=C(O)C(=O)Nc1nc(Oc2cccc(F)c2)sc1C(=O)NCCc1c(Cl)cccc1Cl. The van der Waals surface area contributed by atoms with Gasteiger partial charge >= 0.3 is 11.9 Å². The summed E-state index contributed by atoms with van der Waals surface area (Å²) < 4.78 is 18.8. The summed E-state index contributed by atoms with van der Waals surface area (Å²) in [6.45, 7) is 0.145. The number of carbonyl (C=O) groups is 3. The lowest BCUT2D eigenvalue weighted by atomic mass is 10.1. The third-order valence-electron chi connectivity index (χ3n) is 3.96. The third kappa shape index (κ3) is 5.94. The number of aliphatic carboxylic acids is 1. The lowest BCUT2D eigenvalue weighted by Crippen LogP contribution is -2.28. The summed E-state index contributed by atoms with van der Waals surface area (Å²) in [7, 11) is 0. The summed E-state index contributed by atoms with van der Waals surface area (Å²) in [5.41, 5.74) is 0.648. The van der Waals surface area contributed by atoms with E-state index in [-0.39, 0.29) is 28.2 Å². The number of carbonyl (C=O) groups excluding carboxylic acids is 2. The molecular formula is C20H14Cl2FN3O5S. The molecule has 1 heterocycles. The molecule has 0 saturated heterocycles. The molecule has 0 radical (unpaired) electrons. The van der Waals surface area contributed by atoms with Gasteiger partial charge in [0.15, 0.2) is 5.82 Å². The van der Waals surface area contributed by atoms with Crippen LogP contribution in [0.5, 0.6) is 10.9 Å². The van der Waals surface area contributed by atoms with Crippen LogP contribution in [0.25, 0.3) is 0 Å². The number of halogens is 3. The highest BCUT2D eigenvalue weighted by molar-refractivity contribution is 7.16. The Morgan fingerprint density at radius 3 is 2.47 bits per heavy atom. The molecule has 8 nitrogen and oxygen atoms in total. The number of hydrogen-bond donors (Lipinski definition) is 3. The number of hydrogen-bond acceptors (Lipinski definition) is 6. The van der Waals surface area contributed by atoms with Crippen LogP contribution >= 0.6 is 34.5 Å². The standard InChI is InChI=1S/C20H14Cl2FN3O5S/c21-13-5-2-6-14(22)12(13)7-8-24-17(27)15-16(25-18(28)19(29)30)26-20(32-15)31-11-4-1-3-10(23)9-11/h1-6,9H,7-8H2,(H,24,27)(H,25,28)(H,29,30). The minimum absolute atomic E-state index is 0.101. The Labute approximate surface area is 194 Å². The van der Waals surface area contributed by atoms with Gasteiger partial charge in [0.05, 0.1) is 0 Å². The lowest BCUT2D eigenvalue weighted by Gasteiger charge is -2.08. The second-order valence-electron chi connectivity index (χ2n) is 6.18. The van der Waals surface area contributed by atoms with Gasteiger partial charge in [-0.15, -0.1) is 0 Å². The first-order valence-electron chi connectivity index (χ1n) is 8.94. The summed E-state index contributed by atoms with van der Waals surface area (Å²) in [5.74, 6) is -4.53. The third-order valence-corrected chi connectivity index (χ3v) is 5.60. The minimum Gasteiger partial charge on any atom is -0.474 e. The van der Waals surface area contributed by atoms with Crippen LogP contribution in [0.2, 0.25) is 10.0 Å². The van der Waals surface area contributed by atoms with Crippen molar-refractivity contribution in [2.24, 2.45) is 0 Å². The van der Waals surface area contributed by atoms with E-state index in [0.29, 0.717) is 22.0 Å². The molecule has 0 atom stereocenters. The predicted molar refractivity (Wildman–Crippen MR) is 117 cm³/mol. The summed E-state index contributed by atoms with van der Waals surface area (Å²) in [6, 6.07) is 10.2. The van der Waals surface area contributed by atoms with Crippen LogP contribution in [-0.2, 0) is 16.0 Å². The van der Waals surface area contributed by atoms with Gasteiger partial charge in [0.25, 0.3) is 11.1 Å². The van der Waals surface area contributed by atoms with Gasteiger partial charge in [0.1, 0.15) is 16.4 Å². The van der Waals surface area contributed by atoms with Gasteiger partial charge in [-0.3, -0.25) is 14.9 Å². The molecule has 32 heavy (non-hydrogen) atoms. The molecule has 0 aliphatic carbocycles. The van der Waals surface area contributed by atoms with E-state index in [1.54, 1.807) is 18.2 Å². The van der Waals surface area contributed by atoms with E-state index in [2.05, 4.69) is 10.3 Å².